The van der Waals surface area contributed by atoms with Gasteiger partial charge in [0.05, 0.1) is 21.8 Å². The van der Waals surface area contributed by atoms with Crippen LogP contribution in [0.5, 0.6) is 0 Å². The molecule has 2 fully saturated rings. The van der Waals surface area contributed by atoms with Gasteiger partial charge in [-0.05, 0) is 80.4 Å². The molecule has 0 radical (unpaired) electrons. The predicted molar refractivity (Wildman–Crippen MR) is 143 cm³/mol. The fourth-order valence-corrected chi connectivity index (χ4v) is 6.24. The lowest BCUT2D eigenvalue weighted by molar-refractivity contribution is -0.137. The summed E-state index contributed by atoms with van der Waals surface area (Å²) >= 11 is 1.34. The smallest absolute Gasteiger partial charge is 0.317 e. The first-order valence-corrected chi connectivity index (χ1v) is 13.3. The van der Waals surface area contributed by atoms with E-state index in [2.05, 4.69) is 0 Å². The summed E-state index contributed by atoms with van der Waals surface area (Å²) in [6, 6.07) is 17.1. The van der Waals surface area contributed by atoms with Gasteiger partial charge < -0.3 is 4.57 Å². The molecule has 1 aromatic heterocycles. The van der Waals surface area contributed by atoms with Crippen LogP contribution in [0.1, 0.15) is 54.6 Å². The van der Waals surface area contributed by atoms with Crippen LogP contribution in [0.3, 0.4) is 0 Å². The van der Waals surface area contributed by atoms with Gasteiger partial charge in [0.15, 0.2) is 5.17 Å². The van der Waals surface area contributed by atoms with E-state index in [-0.39, 0.29) is 17.6 Å². The van der Waals surface area contributed by atoms with Gasteiger partial charge in [-0.25, -0.2) is 4.99 Å². The maximum absolute atomic E-state index is 13.7. The molecule has 8 heteroatoms. The van der Waals surface area contributed by atoms with Crippen LogP contribution in [0.2, 0.25) is 0 Å². The van der Waals surface area contributed by atoms with E-state index in [1.54, 1.807) is 30.6 Å². The standard InChI is InChI=1S/C29H28F3N3OS/c1-19-17-21(20(2)34(19)25-16-10-9-15-24(25)29(30,31)32)18-26-27(36)35(23-13-7-4-8-14-23)28(37-26)33-22-11-5-3-6-12-22/h3,5-6,9-12,15-18,23H,4,7-8,13-14H2,1-2H3/b26-18-,33-28?. The van der Waals surface area contributed by atoms with Crippen LogP contribution in [0.15, 0.2) is 70.6 Å². The number of amidine groups is 1. The van der Waals surface area contributed by atoms with Gasteiger partial charge >= 0.3 is 6.18 Å². The molecule has 1 aliphatic heterocycles. The Balaban J connectivity index is 1.55. The highest BCUT2D eigenvalue weighted by Gasteiger charge is 2.39. The van der Waals surface area contributed by atoms with Gasteiger partial charge in [-0.1, -0.05) is 49.6 Å². The Bertz CT molecular complexity index is 1370. The SMILES string of the molecule is Cc1cc(/C=C2\SC(=Nc3ccccc3)N(C3CCCCC3)C2=O)c(C)n1-c1ccccc1C(F)(F)F. The number of aliphatic imine (C=N–C) groups is 1. The number of benzene rings is 2. The van der Waals surface area contributed by atoms with Crippen molar-refractivity contribution in [3.8, 4) is 5.69 Å². The van der Waals surface area contributed by atoms with Crippen molar-refractivity contribution in [2.75, 3.05) is 0 Å². The van der Waals surface area contributed by atoms with Crippen molar-refractivity contribution >= 4 is 34.6 Å². The number of hydrogen-bond acceptors (Lipinski definition) is 3. The van der Waals surface area contributed by atoms with Crippen LogP contribution in [-0.4, -0.2) is 26.6 Å². The lowest BCUT2D eigenvalue weighted by atomic mass is 9.94. The van der Waals surface area contributed by atoms with E-state index in [0.29, 0.717) is 21.5 Å². The van der Waals surface area contributed by atoms with E-state index < -0.39 is 11.7 Å². The topological polar surface area (TPSA) is 37.6 Å². The Kier molecular flexibility index (Phi) is 7.03. The summed E-state index contributed by atoms with van der Waals surface area (Å²) < 4.78 is 42.8. The molecule has 1 saturated carbocycles. The number of nitrogens with zero attached hydrogens (tertiary/aromatic N) is 3. The number of alkyl halides is 3. The summed E-state index contributed by atoms with van der Waals surface area (Å²) in [6.45, 7) is 3.57. The highest BCUT2D eigenvalue weighted by Crippen LogP contribution is 2.40. The zero-order chi connectivity index (χ0) is 26.2. The van der Waals surface area contributed by atoms with Gasteiger partial charge in [-0.3, -0.25) is 9.69 Å². The zero-order valence-corrected chi connectivity index (χ0v) is 21.6. The highest BCUT2D eigenvalue weighted by molar-refractivity contribution is 8.18. The molecule has 1 saturated heterocycles. The Morgan fingerprint density at radius 2 is 1.65 bits per heavy atom. The molecule has 2 aliphatic rings. The number of thioether (sulfide) groups is 1. The molecule has 1 amide bonds. The maximum atomic E-state index is 13.7. The lowest BCUT2D eigenvalue weighted by Crippen LogP contribution is -2.40. The predicted octanol–water partition coefficient (Wildman–Crippen LogP) is 8.05. The van der Waals surface area contributed by atoms with Gasteiger partial charge in [-0.2, -0.15) is 13.2 Å². The lowest BCUT2D eigenvalue weighted by Gasteiger charge is -2.30. The van der Waals surface area contributed by atoms with Crippen molar-refractivity contribution in [1.82, 2.24) is 9.47 Å². The van der Waals surface area contributed by atoms with Crippen molar-refractivity contribution in [2.24, 2.45) is 4.99 Å². The largest absolute Gasteiger partial charge is 0.418 e. The van der Waals surface area contributed by atoms with Crippen molar-refractivity contribution in [1.29, 1.82) is 0 Å². The first kappa shape index (κ1) is 25.4. The van der Waals surface area contributed by atoms with E-state index >= 15 is 0 Å². The summed E-state index contributed by atoms with van der Waals surface area (Å²) in [6.07, 6.45) is 2.54. The maximum Gasteiger partial charge on any atom is 0.418 e. The van der Waals surface area contributed by atoms with Crippen molar-refractivity contribution < 1.29 is 18.0 Å². The number of para-hydroxylation sites is 2. The molecule has 0 atom stereocenters. The molecular weight excluding hydrogens is 495 g/mol. The van der Waals surface area contributed by atoms with Gasteiger partial charge in [0, 0.05) is 17.4 Å². The molecule has 5 rings (SSSR count). The minimum atomic E-state index is -4.47. The number of carbonyl (C=O) groups excluding carboxylic acids is 1. The van der Waals surface area contributed by atoms with Crippen LogP contribution in [0.25, 0.3) is 11.8 Å². The minimum absolute atomic E-state index is 0.0789. The fraction of sp³-hybridized carbons (Fsp3) is 0.310. The molecule has 0 N–H and O–H groups in total. The van der Waals surface area contributed by atoms with Crippen molar-refractivity contribution in [3.05, 3.63) is 88.1 Å². The Morgan fingerprint density at radius 1 is 0.973 bits per heavy atom. The van der Waals surface area contributed by atoms with Crippen LogP contribution >= 0.6 is 11.8 Å². The third-order valence-electron chi connectivity index (χ3n) is 6.96. The molecule has 4 nitrogen and oxygen atoms in total. The normalized spacial score (nSPS) is 19.4. The van der Waals surface area contributed by atoms with Crippen molar-refractivity contribution in [3.63, 3.8) is 0 Å². The molecule has 1 aliphatic carbocycles. The number of aromatic nitrogens is 1. The summed E-state index contributed by atoms with van der Waals surface area (Å²) in [5.41, 5.74) is 2.20. The summed E-state index contributed by atoms with van der Waals surface area (Å²) in [5, 5.41) is 0.658. The molecule has 37 heavy (non-hydrogen) atoms. The summed E-state index contributed by atoms with van der Waals surface area (Å²) in [7, 11) is 0. The Hall–Kier alpha value is -3.26. The van der Waals surface area contributed by atoms with Gasteiger partial charge in [0.2, 0.25) is 0 Å². The first-order valence-electron chi connectivity index (χ1n) is 12.5. The van der Waals surface area contributed by atoms with E-state index in [0.717, 1.165) is 43.0 Å². The third-order valence-corrected chi connectivity index (χ3v) is 7.95. The number of hydrogen-bond donors (Lipinski definition) is 0. The van der Waals surface area contributed by atoms with E-state index in [9.17, 15) is 18.0 Å². The minimum Gasteiger partial charge on any atom is -0.317 e. The number of halogens is 3. The van der Waals surface area contributed by atoms with Crippen LogP contribution in [-0.2, 0) is 11.0 Å². The average Bonchev–Trinajstić information content (AvgIpc) is 3.33. The zero-order valence-electron chi connectivity index (χ0n) is 20.8. The Morgan fingerprint density at radius 3 is 2.35 bits per heavy atom. The number of carbonyl (C=O) groups is 1. The number of amides is 1. The van der Waals surface area contributed by atoms with E-state index in [1.165, 1.54) is 30.3 Å². The Labute approximate surface area is 218 Å². The third kappa shape index (κ3) is 5.12. The molecular formula is C29H28F3N3OS. The second kappa shape index (κ2) is 10.2. The molecule has 2 aromatic carbocycles. The highest BCUT2D eigenvalue weighted by atomic mass is 32.2. The van der Waals surface area contributed by atoms with E-state index in [1.807, 2.05) is 41.3 Å². The number of rotatable bonds is 4. The second-order valence-electron chi connectivity index (χ2n) is 9.48. The summed E-state index contributed by atoms with van der Waals surface area (Å²) in [4.78, 5) is 20.8. The average molecular weight is 524 g/mol. The quantitative estimate of drug-likeness (QED) is 0.325. The molecule has 0 unspecified atom stereocenters. The van der Waals surface area contributed by atoms with Crippen LogP contribution in [0.4, 0.5) is 18.9 Å². The molecule has 0 bridgehead atoms. The molecule has 3 aromatic rings. The summed E-state index contributed by atoms with van der Waals surface area (Å²) in [5.74, 6) is -0.0907. The monoisotopic (exact) mass is 523 g/mol. The fourth-order valence-electron chi connectivity index (χ4n) is 5.19. The molecule has 0 spiro atoms. The van der Waals surface area contributed by atoms with Gasteiger partial charge in [-0.15, -0.1) is 0 Å². The number of aryl methyl sites for hydroxylation is 1. The molecule has 192 valence electrons. The van der Waals surface area contributed by atoms with Crippen LogP contribution in [0, 0.1) is 13.8 Å². The molecule has 2 heterocycles. The first-order chi connectivity index (χ1) is 17.7. The second-order valence-corrected chi connectivity index (χ2v) is 10.5. The van der Waals surface area contributed by atoms with Crippen molar-refractivity contribution in [2.45, 2.75) is 58.2 Å². The van der Waals surface area contributed by atoms with Crippen LogP contribution < -0.4 is 0 Å². The van der Waals surface area contributed by atoms with E-state index in [4.69, 9.17) is 4.99 Å². The van der Waals surface area contributed by atoms with Gasteiger partial charge in [0.25, 0.3) is 5.91 Å². The van der Waals surface area contributed by atoms with Gasteiger partial charge in [0.1, 0.15) is 0 Å².